The molecule has 5 nitrogen and oxygen atoms in total. The minimum Gasteiger partial charge on any atom is -0.488 e. The predicted octanol–water partition coefficient (Wildman–Crippen LogP) is 4.98. The maximum Gasteiger partial charge on any atom is 0.259 e. The highest BCUT2D eigenvalue weighted by atomic mass is 79.9. The molecule has 2 amide bonds. The zero-order valence-electron chi connectivity index (χ0n) is 16.2. The van der Waals surface area contributed by atoms with Gasteiger partial charge in [-0.15, -0.1) is 0 Å². The van der Waals surface area contributed by atoms with Crippen LogP contribution in [0.2, 0.25) is 0 Å². The van der Waals surface area contributed by atoms with E-state index in [1.54, 1.807) is 56.6 Å². The number of amides is 2. The van der Waals surface area contributed by atoms with Gasteiger partial charge in [0.2, 0.25) is 0 Å². The summed E-state index contributed by atoms with van der Waals surface area (Å²) in [6.45, 7) is 0.340. The fourth-order valence-electron chi connectivity index (χ4n) is 2.70. The van der Waals surface area contributed by atoms with Gasteiger partial charge in [-0.2, -0.15) is 0 Å². The molecule has 0 heterocycles. The highest BCUT2D eigenvalue weighted by Gasteiger charge is 2.14. The first-order valence-electron chi connectivity index (χ1n) is 9.04. The van der Waals surface area contributed by atoms with Crippen molar-refractivity contribution in [1.82, 2.24) is 4.90 Å². The number of hydrogen-bond acceptors (Lipinski definition) is 3. The number of carbonyl (C=O) groups excluding carboxylic acids is 2. The van der Waals surface area contributed by atoms with E-state index in [0.717, 1.165) is 10.0 Å². The van der Waals surface area contributed by atoms with Crippen LogP contribution in [0.1, 0.15) is 26.3 Å². The number of nitrogens with zero attached hydrogens (tertiary/aromatic N) is 1. The first kappa shape index (κ1) is 20.6. The van der Waals surface area contributed by atoms with E-state index in [0.29, 0.717) is 29.2 Å². The topological polar surface area (TPSA) is 58.6 Å². The average molecular weight is 453 g/mol. The summed E-state index contributed by atoms with van der Waals surface area (Å²) in [5, 5.41) is 2.85. The number of anilines is 1. The highest BCUT2D eigenvalue weighted by Crippen LogP contribution is 2.23. The van der Waals surface area contributed by atoms with Gasteiger partial charge in [-0.05, 0) is 42.5 Å². The van der Waals surface area contributed by atoms with E-state index in [2.05, 4.69) is 21.2 Å². The molecule has 6 heteroatoms. The van der Waals surface area contributed by atoms with E-state index >= 15 is 0 Å². The largest absolute Gasteiger partial charge is 0.488 e. The first-order chi connectivity index (χ1) is 14.0. The van der Waals surface area contributed by atoms with Crippen LogP contribution in [0, 0.1) is 0 Å². The molecule has 0 saturated carbocycles. The number of carbonyl (C=O) groups is 2. The summed E-state index contributed by atoms with van der Waals surface area (Å²) in [4.78, 5) is 26.2. The molecule has 3 aromatic carbocycles. The van der Waals surface area contributed by atoms with Crippen LogP contribution >= 0.6 is 15.9 Å². The van der Waals surface area contributed by atoms with Crippen molar-refractivity contribution in [3.8, 4) is 5.75 Å². The van der Waals surface area contributed by atoms with Gasteiger partial charge in [0.1, 0.15) is 12.4 Å². The number of rotatable bonds is 6. The minimum atomic E-state index is -0.278. The summed E-state index contributed by atoms with van der Waals surface area (Å²) in [7, 11) is 3.39. The van der Waals surface area contributed by atoms with Crippen LogP contribution in [-0.4, -0.2) is 30.8 Å². The summed E-state index contributed by atoms with van der Waals surface area (Å²) in [6, 6.07) is 21.7. The molecule has 1 N–H and O–H groups in total. The summed E-state index contributed by atoms with van der Waals surface area (Å²) in [6.07, 6.45) is 0. The normalized spacial score (nSPS) is 10.3. The molecule has 0 aliphatic carbocycles. The van der Waals surface area contributed by atoms with Crippen LogP contribution in [-0.2, 0) is 6.61 Å². The van der Waals surface area contributed by atoms with Gasteiger partial charge >= 0.3 is 0 Å². The van der Waals surface area contributed by atoms with Gasteiger partial charge in [-0.25, -0.2) is 0 Å². The van der Waals surface area contributed by atoms with Crippen molar-refractivity contribution >= 4 is 33.4 Å². The van der Waals surface area contributed by atoms with Crippen LogP contribution < -0.4 is 10.1 Å². The quantitative estimate of drug-likeness (QED) is 0.573. The van der Waals surface area contributed by atoms with E-state index in [9.17, 15) is 9.59 Å². The second kappa shape index (κ2) is 9.39. The number of halogens is 1. The fraction of sp³-hybridized carbons (Fsp3) is 0.130. The Morgan fingerprint density at radius 1 is 0.931 bits per heavy atom. The SMILES string of the molecule is CN(C)C(=O)c1ccc(NC(=O)c2ccccc2OCc2ccccc2Br)cc1. The summed E-state index contributed by atoms with van der Waals surface area (Å²) in [5.41, 5.74) is 2.59. The Labute approximate surface area is 178 Å². The zero-order valence-corrected chi connectivity index (χ0v) is 17.8. The summed E-state index contributed by atoms with van der Waals surface area (Å²) in [5.74, 6) is 0.133. The number of hydrogen-bond donors (Lipinski definition) is 1. The third-order valence-electron chi connectivity index (χ3n) is 4.27. The average Bonchev–Trinajstić information content (AvgIpc) is 2.73. The molecule has 0 atom stereocenters. The van der Waals surface area contributed by atoms with Crippen molar-refractivity contribution in [3.05, 3.63) is 94.0 Å². The Kier molecular flexibility index (Phi) is 6.67. The molecule has 0 bridgehead atoms. The Bertz CT molecular complexity index is 1020. The van der Waals surface area contributed by atoms with Crippen molar-refractivity contribution in [2.24, 2.45) is 0 Å². The number of ether oxygens (including phenoxy) is 1. The van der Waals surface area contributed by atoms with Crippen molar-refractivity contribution in [3.63, 3.8) is 0 Å². The lowest BCUT2D eigenvalue weighted by molar-refractivity contribution is 0.0827. The number of para-hydroxylation sites is 1. The monoisotopic (exact) mass is 452 g/mol. The standard InChI is InChI=1S/C23H21BrN2O3/c1-26(2)23(28)16-11-13-18(14-12-16)25-22(27)19-8-4-6-10-21(19)29-15-17-7-3-5-9-20(17)24/h3-14H,15H2,1-2H3,(H,25,27). The Hall–Kier alpha value is -3.12. The molecule has 0 aromatic heterocycles. The molecule has 0 saturated heterocycles. The van der Waals surface area contributed by atoms with E-state index < -0.39 is 0 Å². The zero-order chi connectivity index (χ0) is 20.8. The maximum absolute atomic E-state index is 12.8. The Balaban J connectivity index is 1.71. The second-order valence-electron chi connectivity index (χ2n) is 6.61. The van der Waals surface area contributed by atoms with Gasteiger partial charge in [0.25, 0.3) is 11.8 Å². The smallest absolute Gasteiger partial charge is 0.259 e. The molecule has 0 spiro atoms. The molecule has 0 unspecified atom stereocenters. The summed E-state index contributed by atoms with van der Waals surface area (Å²) >= 11 is 3.50. The van der Waals surface area contributed by atoms with Gasteiger partial charge < -0.3 is 15.0 Å². The lowest BCUT2D eigenvalue weighted by Crippen LogP contribution is -2.21. The van der Waals surface area contributed by atoms with Gasteiger partial charge in [0.15, 0.2) is 0 Å². The maximum atomic E-state index is 12.8. The van der Waals surface area contributed by atoms with Crippen LogP contribution in [0.25, 0.3) is 0 Å². The van der Waals surface area contributed by atoms with Crippen molar-refractivity contribution in [2.45, 2.75) is 6.61 Å². The van der Waals surface area contributed by atoms with Crippen molar-refractivity contribution in [2.75, 3.05) is 19.4 Å². The third kappa shape index (κ3) is 5.23. The highest BCUT2D eigenvalue weighted by molar-refractivity contribution is 9.10. The molecule has 0 radical (unpaired) electrons. The van der Waals surface area contributed by atoms with Crippen LogP contribution in [0.5, 0.6) is 5.75 Å². The molecule has 0 fully saturated rings. The van der Waals surface area contributed by atoms with Crippen molar-refractivity contribution in [1.29, 1.82) is 0 Å². The lowest BCUT2D eigenvalue weighted by Gasteiger charge is -2.13. The van der Waals surface area contributed by atoms with Crippen LogP contribution in [0.15, 0.2) is 77.3 Å². The molecule has 148 valence electrons. The van der Waals surface area contributed by atoms with Gasteiger partial charge in [-0.1, -0.05) is 46.3 Å². The molecule has 3 aromatic rings. The van der Waals surface area contributed by atoms with Gasteiger partial charge in [0, 0.05) is 35.4 Å². The predicted molar refractivity (Wildman–Crippen MR) is 117 cm³/mol. The second-order valence-corrected chi connectivity index (χ2v) is 7.46. The van der Waals surface area contributed by atoms with Gasteiger partial charge in [-0.3, -0.25) is 9.59 Å². The molecule has 0 aliphatic rings. The van der Waals surface area contributed by atoms with Gasteiger partial charge in [0.05, 0.1) is 5.56 Å². The summed E-state index contributed by atoms with van der Waals surface area (Å²) < 4.78 is 6.85. The molecule has 29 heavy (non-hydrogen) atoms. The van der Waals surface area contributed by atoms with E-state index in [-0.39, 0.29) is 11.8 Å². The van der Waals surface area contributed by atoms with Crippen LogP contribution in [0.4, 0.5) is 5.69 Å². The lowest BCUT2D eigenvalue weighted by atomic mass is 10.1. The molecule has 0 aliphatic heterocycles. The molecule has 3 rings (SSSR count). The molecular formula is C23H21BrN2O3. The third-order valence-corrected chi connectivity index (χ3v) is 5.04. The number of benzene rings is 3. The minimum absolute atomic E-state index is 0.0892. The fourth-order valence-corrected chi connectivity index (χ4v) is 3.10. The van der Waals surface area contributed by atoms with E-state index in [1.807, 2.05) is 30.3 Å². The van der Waals surface area contributed by atoms with E-state index in [4.69, 9.17) is 4.74 Å². The first-order valence-corrected chi connectivity index (χ1v) is 9.83. The number of nitrogens with one attached hydrogen (secondary N) is 1. The molecular weight excluding hydrogens is 432 g/mol. The Morgan fingerprint density at radius 2 is 1.59 bits per heavy atom. The van der Waals surface area contributed by atoms with Crippen LogP contribution in [0.3, 0.4) is 0 Å². The Morgan fingerprint density at radius 3 is 2.28 bits per heavy atom. The van der Waals surface area contributed by atoms with Crippen molar-refractivity contribution < 1.29 is 14.3 Å². The van der Waals surface area contributed by atoms with E-state index in [1.165, 1.54) is 4.90 Å².